The lowest BCUT2D eigenvalue weighted by molar-refractivity contribution is -0.121. The average Bonchev–Trinajstić information content (AvgIpc) is 2.96. The van der Waals surface area contributed by atoms with Crippen molar-refractivity contribution in [3.63, 3.8) is 0 Å². The molecule has 148 valence electrons. The van der Waals surface area contributed by atoms with Crippen molar-refractivity contribution in [1.29, 1.82) is 0 Å². The number of aliphatic hydroxyl groups is 1. The molecule has 4 nitrogen and oxygen atoms in total. The molecule has 0 aromatic rings. The summed E-state index contributed by atoms with van der Waals surface area (Å²) in [5.74, 6) is 0.427. The Labute approximate surface area is 159 Å². The monoisotopic (exact) mass is 363 g/mol. The van der Waals surface area contributed by atoms with Gasteiger partial charge in [0, 0.05) is 25.3 Å². The van der Waals surface area contributed by atoms with Gasteiger partial charge in [0.25, 0.3) is 0 Å². The van der Waals surface area contributed by atoms with E-state index in [0.717, 1.165) is 63.4 Å². The Morgan fingerprint density at radius 2 is 2.00 bits per heavy atom. The number of unbranched alkanes of at least 4 members (excludes halogenated alkanes) is 5. The maximum Gasteiger partial charge on any atom is 0.219 e. The SMILES string of the molecule is CCCCC[C@H](O)/C=C/C1=CCC(=O)[C@@H]1CCCCCCC(=O)NCC. The fraction of sp³-hybridized carbons (Fsp3) is 0.727. The lowest BCUT2D eigenvalue weighted by Gasteiger charge is -2.12. The van der Waals surface area contributed by atoms with E-state index in [1.807, 2.05) is 25.2 Å². The van der Waals surface area contributed by atoms with Gasteiger partial charge in [-0.25, -0.2) is 0 Å². The molecule has 4 heteroatoms. The van der Waals surface area contributed by atoms with Crippen LogP contribution in [-0.4, -0.2) is 29.4 Å². The molecule has 26 heavy (non-hydrogen) atoms. The molecule has 0 spiro atoms. The normalized spacial score (nSPS) is 18.3. The number of ketones is 1. The molecule has 2 atom stereocenters. The molecular formula is C22H37NO3. The summed E-state index contributed by atoms with van der Waals surface area (Å²) in [6.45, 7) is 4.78. The quantitative estimate of drug-likeness (QED) is 0.447. The lowest BCUT2D eigenvalue weighted by atomic mass is 9.92. The molecule has 0 fully saturated rings. The van der Waals surface area contributed by atoms with Crippen LogP contribution >= 0.6 is 0 Å². The van der Waals surface area contributed by atoms with E-state index in [0.29, 0.717) is 25.2 Å². The molecule has 0 aromatic heterocycles. The predicted octanol–water partition coefficient (Wildman–Crippen LogP) is 4.48. The first-order valence-electron chi connectivity index (χ1n) is 10.4. The summed E-state index contributed by atoms with van der Waals surface area (Å²) in [5.41, 5.74) is 1.08. The third-order valence-corrected chi connectivity index (χ3v) is 4.96. The van der Waals surface area contributed by atoms with Crippen molar-refractivity contribution in [2.75, 3.05) is 6.54 Å². The molecule has 0 radical (unpaired) electrons. The first-order chi connectivity index (χ1) is 12.6. The summed E-state index contributed by atoms with van der Waals surface area (Å²) >= 11 is 0. The molecule has 0 heterocycles. The first-order valence-corrected chi connectivity index (χ1v) is 10.4. The smallest absolute Gasteiger partial charge is 0.219 e. The van der Waals surface area contributed by atoms with Gasteiger partial charge in [-0.05, 0) is 31.8 Å². The number of nitrogens with one attached hydrogen (secondary N) is 1. The van der Waals surface area contributed by atoms with Gasteiger partial charge in [0.2, 0.25) is 5.91 Å². The van der Waals surface area contributed by atoms with E-state index in [1.54, 1.807) is 0 Å². The van der Waals surface area contributed by atoms with E-state index in [9.17, 15) is 14.7 Å². The second kappa shape index (κ2) is 13.7. The van der Waals surface area contributed by atoms with Crippen LogP contribution in [0, 0.1) is 5.92 Å². The topological polar surface area (TPSA) is 66.4 Å². The maximum absolute atomic E-state index is 12.1. The average molecular weight is 364 g/mol. The molecule has 0 saturated carbocycles. The summed E-state index contributed by atoms with van der Waals surface area (Å²) < 4.78 is 0. The van der Waals surface area contributed by atoms with Crippen LogP contribution in [0.4, 0.5) is 0 Å². The number of aliphatic hydroxyl groups excluding tert-OH is 1. The zero-order chi connectivity index (χ0) is 19.2. The van der Waals surface area contributed by atoms with Crippen LogP contribution in [-0.2, 0) is 9.59 Å². The zero-order valence-electron chi connectivity index (χ0n) is 16.6. The van der Waals surface area contributed by atoms with Crippen LogP contribution < -0.4 is 5.32 Å². The van der Waals surface area contributed by atoms with E-state index in [-0.39, 0.29) is 11.8 Å². The number of hydrogen-bond donors (Lipinski definition) is 2. The highest BCUT2D eigenvalue weighted by atomic mass is 16.3. The Kier molecular flexibility index (Phi) is 12.0. The van der Waals surface area contributed by atoms with Crippen molar-refractivity contribution in [1.82, 2.24) is 5.32 Å². The van der Waals surface area contributed by atoms with Crippen molar-refractivity contribution < 1.29 is 14.7 Å². The zero-order valence-corrected chi connectivity index (χ0v) is 16.6. The summed E-state index contributed by atoms with van der Waals surface area (Å²) in [6, 6.07) is 0. The molecular weight excluding hydrogens is 326 g/mol. The number of amides is 1. The molecule has 0 aliphatic heterocycles. The van der Waals surface area contributed by atoms with Crippen LogP contribution in [0.15, 0.2) is 23.8 Å². The molecule has 1 aliphatic rings. The summed E-state index contributed by atoms with van der Waals surface area (Å²) in [5, 5.41) is 12.8. The number of rotatable bonds is 14. The van der Waals surface area contributed by atoms with Gasteiger partial charge >= 0.3 is 0 Å². The van der Waals surface area contributed by atoms with Crippen LogP contribution in [0.5, 0.6) is 0 Å². The minimum Gasteiger partial charge on any atom is -0.389 e. The van der Waals surface area contributed by atoms with Gasteiger partial charge in [-0.2, -0.15) is 0 Å². The Hall–Kier alpha value is -1.42. The van der Waals surface area contributed by atoms with Gasteiger partial charge in [-0.15, -0.1) is 0 Å². The van der Waals surface area contributed by atoms with Crippen LogP contribution in [0.25, 0.3) is 0 Å². The third kappa shape index (κ3) is 9.33. The molecule has 1 aliphatic carbocycles. The highest BCUT2D eigenvalue weighted by molar-refractivity contribution is 5.89. The molecule has 0 unspecified atom stereocenters. The van der Waals surface area contributed by atoms with Crippen LogP contribution in [0.3, 0.4) is 0 Å². The predicted molar refractivity (Wildman–Crippen MR) is 107 cm³/mol. The van der Waals surface area contributed by atoms with E-state index in [2.05, 4.69) is 12.2 Å². The first kappa shape index (κ1) is 22.6. The highest BCUT2D eigenvalue weighted by Gasteiger charge is 2.25. The largest absolute Gasteiger partial charge is 0.389 e. The fourth-order valence-corrected chi connectivity index (χ4v) is 3.40. The van der Waals surface area contributed by atoms with Gasteiger partial charge in [0.15, 0.2) is 0 Å². The Morgan fingerprint density at radius 3 is 2.73 bits per heavy atom. The minimum atomic E-state index is -0.409. The number of carbonyl (C=O) groups is 2. The molecule has 1 amide bonds. The van der Waals surface area contributed by atoms with E-state index in [1.165, 1.54) is 0 Å². The second-order valence-electron chi connectivity index (χ2n) is 7.26. The molecule has 0 bridgehead atoms. The van der Waals surface area contributed by atoms with Crippen LogP contribution in [0.1, 0.15) is 84.5 Å². The van der Waals surface area contributed by atoms with Crippen molar-refractivity contribution in [2.24, 2.45) is 5.92 Å². The Bertz CT molecular complexity index is 482. The van der Waals surface area contributed by atoms with Crippen molar-refractivity contribution in [2.45, 2.75) is 90.6 Å². The standard InChI is InChI=1S/C22H37NO3/c1-3-5-8-11-19(24)16-14-18-15-17-21(25)20(18)12-9-6-7-10-13-22(26)23-4-2/h14-16,19-20,24H,3-13,17H2,1-2H3,(H,23,26)/b16-14+/t19-,20+/m0/s1. The van der Waals surface area contributed by atoms with Gasteiger partial charge in [0.05, 0.1) is 6.10 Å². The van der Waals surface area contributed by atoms with E-state index in [4.69, 9.17) is 0 Å². The molecule has 0 saturated heterocycles. The van der Waals surface area contributed by atoms with Gasteiger partial charge < -0.3 is 10.4 Å². The fourth-order valence-electron chi connectivity index (χ4n) is 3.40. The second-order valence-corrected chi connectivity index (χ2v) is 7.26. The van der Waals surface area contributed by atoms with Gasteiger partial charge in [-0.1, -0.05) is 63.7 Å². The van der Waals surface area contributed by atoms with Gasteiger partial charge in [0.1, 0.15) is 5.78 Å². The molecule has 0 aromatic carbocycles. The number of allylic oxidation sites excluding steroid dienone is 3. The molecule has 1 rings (SSSR count). The van der Waals surface area contributed by atoms with Crippen molar-refractivity contribution in [3.8, 4) is 0 Å². The Balaban J connectivity index is 2.26. The summed E-state index contributed by atoms with van der Waals surface area (Å²) in [7, 11) is 0. The molecule has 2 N–H and O–H groups in total. The van der Waals surface area contributed by atoms with E-state index < -0.39 is 6.10 Å². The number of hydrogen-bond acceptors (Lipinski definition) is 3. The lowest BCUT2D eigenvalue weighted by Crippen LogP contribution is -2.21. The van der Waals surface area contributed by atoms with Crippen molar-refractivity contribution >= 4 is 11.7 Å². The third-order valence-electron chi connectivity index (χ3n) is 4.96. The maximum atomic E-state index is 12.1. The minimum absolute atomic E-state index is 0.00233. The van der Waals surface area contributed by atoms with Crippen LogP contribution in [0.2, 0.25) is 0 Å². The highest BCUT2D eigenvalue weighted by Crippen LogP contribution is 2.29. The number of carbonyl (C=O) groups excluding carboxylic acids is 2. The summed E-state index contributed by atoms with van der Waals surface area (Å²) in [6.07, 6.45) is 15.6. The van der Waals surface area contributed by atoms with Gasteiger partial charge in [-0.3, -0.25) is 9.59 Å². The summed E-state index contributed by atoms with van der Waals surface area (Å²) in [4.78, 5) is 23.5. The number of Topliss-reactive ketones (excluding diaryl/α,β-unsaturated/α-hetero) is 1. The Morgan fingerprint density at radius 1 is 1.23 bits per heavy atom. The van der Waals surface area contributed by atoms with Crippen molar-refractivity contribution in [3.05, 3.63) is 23.8 Å². The van der Waals surface area contributed by atoms with E-state index >= 15 is 0 Å².